The quantitative estimate of drug-likeness (QED) is 0.684. The Morgan fingerprint density at radius 2 is 2.05 bits per heavy atom. The van der Waals surface area contributed by atoms with Crippen molar-refractivity contribution in [3.63, 3.8) is 0 Å². The molecule has 2 rings (SSSR count). The van der Waals surface area contributed by atoms with E-state index in [0.29, 0.717) is 25.3 Å². The van der Waals surface area contributed by atoms with Gasteiger partial charge in [0.25, 0.3) is 5.69 Å². The summed E-state index contributed by atoms with van der Waals surface area (Å²) in [6.45, 7) is 0.253. The number of halogens is 3. The van der Waals surface area contributed by atoms with Gasteiger partial charge in [0, 0.05) is 12.6 Å². The largest absolute Gasteiger partial charge is 0.480 e. The van der Waals surface area contributed by atoms with Crippen molar-refractivity contribution in [3.8, 4) is 0 Å². The van der Waals surface area contributed by atoms with E-state index >= 15 is 0 Å². The first-order chi connectivity index (χ1) is 10.2. The maximum absolute atomic E-state index is 12.7. The standard InChI is InChI=1S/C13H13F3N2O4/c14-13(15,16)8-4-5-9(11(7-8)18(21)22)17-6-2-1-3-10(17)12(19)20/h4-5,7,10H,1-3,6H2,(H,19,20). The minimum Gasteiger partial charge on any atom is -0.480 e. The van der Waals surface area contributed by atoms with Crippen molar-refractivity contribution in [2.24, 2.45) is 0 Å². The van der Waals surface area contributed by atoms with Crippen LogP contribution >= 0.6 is 0 Å². The van der Waals surface area contributed by atoms with E-state index in [1.54, 1.807) is 0 Å². The number of carboxylic acid groups (broad SMARTS) is 1. The summed E-state index contributed by atoms with van der Waals surface area (Å²) < 4.78 is 38.0. The smallest absolute Gasteiger partial charge is 0.416 e. The number of nitrogens with zero attached hydrogens (tertiary/aromatic N) is 2. The minimum absolute atomic E-state index is 0.0925. The molecule has 0 aliphatic carbocycles. The first kappa shape index (κ1) is 16.1. The first-order valence-electron chi connectivity index (χ1n) is 6.57. The number of alkyl halides is 3. The number of hydrogen-bond donors (Lipinski definition) is 1. The highest BCUT2D eigenvalue weighted by molar-refractivity contribution is 5.80. The fraction of sp³-hybridized carbons (Fsp3) is 0.462. The van der Waals surface area contributed by atoms with Gasteiger partial charge >= 0.3 is 12.1 Å². The molecule has 1 aromatic rings. The predicted octanol–water partition coefficient (Wildman–Crippen LogP) is 3.06. The Balaban J connectivity index is 2.49. The van der Waals surface area contributed by atoms with E-state index in [0.717, 1.165) is 12.1 Å². The Hall–Kier alpha value is -2.32. The summed E-state index contributed by atoms with van der Waals surface area (Å²) in [6, 6.07) is 1.19. The predicted molar refractivity (Wildman–Crippen MR) is 70.7 cm³/mol. The highest BCUT2D eigenvalue weighted by Crippen LogP contribution is 2.38. The highest BCUT2D eigenvalue weighted by atomic mass is 19.4. The van der Waals surface area contributed by atoms with Gasteiger partial charge in [0.15, 0.2) is 0 Å². The summed E-state index contributed by atoms with van der Waals surface area (Å²) in [5, 5.41) is 20.3. The molecule has 1 heterocycles. The Morgan fingerprint density at radius 3 is 2.59 bits per heavy atom. The second kappa shape index (κ2) is 5.82. The van der Waals surface area contributed by atoms with Gasteiger partial charge in [-0.2, -0.15) is 13.2 Å². The van der Waals surface area contributed by atoms with Crippen LogP contribution in [-0.4, -0.2) is 28.6 Å². The molecular weight excluding hydrogens is 305 g/mol. The molecule has 22 heavy (non-hydrogen) atoms. The number of anilines is 1. The molecule has 1 aliphatic heterocycles. The van der Waals surface area contributed by atoms with Crippen LogP contribution in [0.4, 0.5) is 24.5 Å². The Labute approximate surface area is 123 Å². The van der Waals surface area contributed by atoms with Gasteiger partial charge in [-0.1, -0.05) is 0 Å². The van der Waals surface area contributed by atoms with Crippen LogP contribution in [0.2, 0.25) is 0 Å². The number of rotatable bonds is 3. The average Bonchev–Trinajstić information content (AvgIpc) is 2.45. The summed E-state index contributed by atoms with van der Waals surface area (Å²) in [5.74, 6) is -1.14. The molecule has 0 amide bonds. The highest BCUT2D eigenvalue weighted by Gasteiger charge is 2.36. The van der Waals surface area contributed by atoms with Crippen LogP contribution < -0.4 is 4.90 Å². The monoisotopic (exact) mass is 318 g/mol. The number of carboxylic acids is 1. The zero-order chi connectivity index (χ0) is 16.5. The molecule has 9 heteroatoms. The van der Waals surface area contributed by atoms with Crippen molar-refractivity contribution in [1.82, 2.24) is 0 Å². The number of hydrogen-bond acceptors (Lipinski definition) is 4. The molecule has 0 radical (unpaired) electrons. The average molecular weight is 318 g/mol. The van der Waals surface area contributed by atoms with Gasteiger partial charge < -0.3 is 10.0 Å². The van der Waals surface area contributed by atoms with Crippen molar-refractivity contribution in [1.29, 1.82) is 0 Å². The molecule has 120 valence electrons. The summed E-state index contributed by atoms with van der Waals surface area (Å²) in [4.78, 5) is 22.7. The second-order valence-electron chi connectivity index (χ2n) is 5.00. The maximum atomic E-state index is 12.7. The minimum atomic E-state index is -4.70. The normalized spacial score (nSPS) is 19.0. The summed E-state index contributed by atoms with van der Waals surface area (Å²) >= 11 is 0. The number of aliphatic carboxylic acids is 1. The molecule has 1 aromatic carbocycles. The van der Waals surface area contributed by atoms with Crippen molar-refractivity contribution < 1.29 is 28.0 Å². The van der Waals surface area contributed by atoms with E-state index in [1.807, 2.05) is 0 Å². The molecule has 0 bridgehead atoms. The van der Waals surface area contributed by atoms with Crippen molar-refractivity contribution in [2.45, 2.75) is 31.5 Å². The van der Waals surface area contributed by atoms with E-state index in [-0.39, 0.29) is 12.2 Å². The Morgan fingerprint density at radius 1 is 1.36 bits per heavy atom. The van der Waals surface area contributed by atoms with Crippen LogP contribution in [0.1, 0.15) is 24.8 Å². The third-order valence-corrected chi connectivity index (χ3v) is 3.60. The maximum Gasteiger partial charge on any atom is 0.416 e. The lowest BCUT2D eigenvalue weighted by atomic mass is 10.0. The van der Waals surface area contributed by atoms with Crippen LogP contribution in [0, 0.1) is 10.1 Å². The summed E-state index contributed by atoms with van der Waals surface area (Å²) in [7, 11) is 0. The molecule has 0 aromatic heterocycles. The van der Waals surface area contributed by atoms with E-state index in [4.69, 9.17) is 0 Å². The molecule has 0 spiro atoms. The van der Waals surface area contributed by atoms with Gasteiger partial charge in [0.2, 0.25) is 0 Å². The van der Waals surface area contributed by atoms with Crippen LogP contribution in [-0.2, 0) is 11.0 Å². The van der Waals surface area contributed by atoms with Gasteiger partial charge in [-0.3, -0.25) is 10.1 Å². The Kier molecular flexibility index (Phi) is 4.25. The molecule has 1 aliphatic rings. The van der Waals surface area contributed by atoms with E-state index in [1.165, 1.54) is 4.90 Å². The van der Waals surface area contributed by atoms with Gasteiger partial charge in [-0.15, -0.1) is 0 Å². The number of nitro groups is 1. The molecule has 1 unspecified atom stereocenters. The molecule has 1 fully saturated rings. The van der Waals surface area contributed by atoms with Crippen molar-refractivity contribution in [2.75, 3.05) is 11.4 Å². The number of piperidine rings is 1. The van der Waals surface area contributed by atoms with Crippen LogP contribution in [0.3, 0.4) is 0 Å². The number of nitro benzene ring substituents is 1. The SMILES string of the molecule is O=C(O)C1CCCCN1c1ccc(C(F)(F)F)cc1[N+](=O)[O-]. The van der Waals surface area contributed by atoms with E-state index in [9.17, 15) is 33.2 Å². The zero-order valence-corrected chi connectivity index (χ0v) is 11.3. The van der Waals surface area contributed by atoms with Gasteiger partial charge in [0.1, 0.15) is 11.7 Å². The fourth-order valence-electron chi connectivity index (χ4n) is 2.57. The zero-order valence-electron chi connectivity index (χ0n) is 11.3. The van der Waals surface area contributed by atoms with E-state index in [2.05, 4.69) is 0 Å². The second-order valence-corrected chi connectivity index (χ2v) is 5.00. The van der Waals surface area contributed by atoms with Crippen LogP contribution in [0.25, 0.3) is 0 Å². The first-order valence-corrected chi connectivity index (χ1v) is 6.57. The summed E-state index contributed by atoms with van der Waals surface area (Å²) in [6.07, 6.45) is -3.12. The molecule has 1 atom stereocenters. The van der Waals surface area contributed by atoms with Crippen molar-refractivity contribution >= 4 is 17.3 Å². The topological polar surface area (TPSA) is 83.7 Å². The van der Waals surface area contributed by atoms with Crippen LogP contribution in [0.15, 0.2) is 18.2 Å². The lowest BCUT2D eigenvalue weighted by Gasteiger charge is -2.34. The van der Waals surface area contributed by atoms with Crippen molar-refractivity contribution in [3.05, 3.63) is 33.9 Å². The molecule has 1 N–H and O–H groups in total. The summed E-state index contributed by atoms with van der Waals surface area (Å²) in [5.41, 5.74) is -1.96. The number of benzene rings is 1. The third-order valence-electron chi connectivity index (χ3n) is 3.60. The Bertz CT molecular complexity index is 603. The van der Waals surface area contributed by atoms with Gasteiger partial charge in [0.05, 0.1) is 10.5 Å². The number of carbonyl (C=O) groups is 1. The molecular formula is C13H13F3N2O4. The lowest BCUT2D eigenvalue weighted by molar-refractivity contribution is -0.384. The van der Waals surface area contributed by atoms with Gasteiger partial charge in [-0.05, 0) is 31.4 Å². The third kappa shape index (κ3) is 3.12. The van der Waals surface area contributed by atoms with Gasteiger partial charge in [-0.25, -0.2) is 4.79 Å². The lowest BCUT2D eigenvalue weighted by Crippen LogP contribution is -2.45. The fourth-order valence-corrected chi connectivity index (χ4v) is 2.57. The molecule has 6 nitrogen and oxygen atoms in total. The molecule has 1 saturated heterocycles. The van der Waals surface area contributed by atoms with E-state index < -0.39 is 34.4 Å². The molecule has 0 saturated carbocycles. The van der Waals surface area contributed by atoms with Crippen LogP contribution in [0.5, 0.6) is 0 Å².